The number of halogens is 3. The number of hydrogen-bond acceptors (Lipinski definition) is 1. The van der Waals surface area contributed by atoms with Gasteiger partial charge in [0.2, 0.25) is 0 Å². The molecule has 14 heavy (non-hydrogen) atoms. The van der Waals surface area contributed by atoms with Gasteiger partial charge in [-0.1, -0.05) is 6.92 Å². The average Bonchev–Trinajstić information content (AvgIpc) is 2.18. The minimum absolute atomic E-state index is 0.0205. The van der Waals surface area contributed by atoms with Crippen molar-refractivity contribution in [3.05, 3.63) is 33.8 Å². The lowest BCUT2D eigenvalue weighted by Crippen LogP contribution is -2.01. The lowest BCUT2D eigenvalue weighted by molar-refractivity contribution is 0.116. The molecular formula is C10H11BrF2O. The van der Waals surface area contributed by atoms with Gasteiger partial charge >= 0.3 is 0 Å². The SMILES string of the molecule is CCCOCc1c(F)ccc(Br)c1F. The summed E-state index contributed by atoms with van der Waals surface area (Å²) in [5, 5.41) is 0. The van der Waals surface area contributed by atoms with Crippen molar-refractivity contribution in [3.8, 4) is 0 Å². The first kappa shape index (κ1) is 11.6. The van der Waals surface area contributed by atoms with Crippen LogP contribution in [0.25, 0.3) is 0 Å². The number of hydrogen-bond donors (Lipinski definition) is 0. The standard InChI is InChI=1S/C10H11BrF2O/c1-2-5-14-6-7-9(12)4-3-8(11)10(7)13/h3-4H,2,5-6H2,1H3. The lowest BCUT2D eigenvalue weighted by atomic mass is 10.2. The van der Waals surface area contributed by atoms with Crippen LogP contribution in [0.5, 0.6) is 0 Å². The minimum Gasteiger partial charge on any atom is -0.377 e. The Labute approximate surface area is 90.2 Å². The van der Waals surface area contributed by atoms with E-state index in [1.165, 1.54) is 12.1 Å². The van der Waals surface area contributed by atoms with Gasteiger partial charge < -0.3 is 4.74 Å². The molecule has 0 atom stereocenters. The second-order valence-corrected chi connectivity index (χ2v) is 3.73. The summed E-state index contributed by atoms with van der Waals surface area (Å²) in [7, 11) is 0. The monoisotopic (exact) mass is 264 g/mol. The third kappa shape index (κ3) is 2.75. The fraction of sp³-hybridized carbons (Fsp3) is 0.400. The van der Waals surface area contributed by atoms with Crippen molar-refractivity contribution in [1.29, 1.82) is 0 Å². The first-order chi connectivity index (χ1) is 6.66. The molecular weight excluding hydrogens is 254 g/mol. The maximum Gasteiger partial charge on any atom is 0.145 e. The van der Waals surface area contributed by atoms with E-state index < -0.39 is 11.6 Å². The summed E-state index contributed by atoms with van der Waals surface area (Å²) in [4.78, 5) is 0. The Bertz CT molecular complexity index is 315. The molecule has 1 aromatic rings. The van der Waals surface area contributed by atoms with E-state index in [2.05, 4.69) is 15.9 Å². The van der Waals surface area contributed by atoms with Crippen LogP contribution in [0.1, 0.15) is 18.9 Å². The molecule has 0 fully saturated rings. The van der Waals surface area contributed by atoms with E-state index in [4.69, 9.17) is 4.74 Å². The molecule has 1 rings (SSSR count). The molecule has 4 heteroatoms. The zero-order valence-corrected chi connectivity index (χ0v) is 9.40. The number of ether oxygens (including phenoxy) is 1. The number of benzene rings is 1. The van der Waals surface area contributed by atoms with Crippen LogP contribution in [-0.4, -0.2) is 6.61 Å². The van der Waals surface area contributed by atoms with Gasteiger partial charge in [0, 0.05) is 6.61 Å². The predicted octanol–water partition coefficient (Wildman–Crippen LogP) is 3.65. The zero-order chi connectivity index (χ0) is 10.6. The molecule has 1 nitrogen and oxygen atoms in total. The highest BCUT2D eigenvalue weighted by molar-refractivity contribution is 9.10. The summed E-state index contributed by atoms with van der Waals surface area (Å²) in [5.41, 5.74) is -0.0205. The average molecular weight is 265 g/mol. The van der Waals surface area contributed by atoms with Gasteiger partial charge in [-0.15, -0.1) is 0 Å². The maximum absolute atomic E-state index is 13.3. The van der Waals surface area contributed by atoms with Crippen molar-refractivity contribution in [2.75, 3.05) is 6.61 Å². The second kappa shape index (κ2) is 5.41. The molecule has 0 saturated heterocycles. The molecule has 78 valence electrons. The predicted molar refractivity (Wildman–Crippen MR) is 54.0 cm³/mol. The first-order valence-corrected chi connectivity index (χ1v) is 5.16. The molecule has 0 heterocycles. The van der Waals surface area contributed by atoms with Gasteiger partial charge in [0.25, 0.3) is 0 Å². The summed E-state index contributed by atoms with van der Waals surface area (Å²) in [6.45, 7) is 2.42. The minimum atomic E-state index is -0.582. The van der Waals surface area contributed by atoms with Crippen LogP contribution in [0.3, 0.4) is 0 Å². The third-order valence-corrected chi connectivity index (χ3v) is 2.35. The van der Waals surface area contributed by atoms with Crippen molar-refractivity contribution < 1.29 is 13.5 Å². The van der Waals surface area contributed by atoms with Crippen molar-refractivity contribution in [3.63, 3.8) is 0 Å². The third-order valence-electron chi connectivity index (χ3n) is 1.73. The Kier molecular flexibility index (Phi) is 4.48. The molecule has 0 amide bonds. The van der Waals surface area contributed by atoms with E-state index in [0.717, 1.165) is 6.42 Å². The van der Waals surface area contributed by atoms with Gasteiger partial charge in [-0.05, 0) is 34.5 Å². The summed E-state index contributed by atoms with van der Waals surface area (Å²) in [6.07, 6.45) is 0.831. The maximum atomic E-state index is 13.3. The molecule has 0 aliphatic carbocycles. The molecule has 1 aromatic carbocycles. The highest BCUT2D eigenvalue weighted by Gasteiger charge is 2.11. The fourth-order valence-corrected chi connectivity index (χ4v) is 1.39. The van der Waals surface area contributed by atoms with Gasteiger partial charge in [-0.3, -0.25) is 0 Å². The lowest BCUT2D eigenvalue weighted by Gasteiger charge is -2.06. The van der Waals surface area contributed by atoms with Gasteiger partial charge in [0.15, 0.2) is 0 Å². The van der Waals surface area contributed by atoms with Crippen LogP contribution in [0.15, 0.2) is 16.6 Å². The Morgan fingerprint density at radius 1 is 1.36 bits per heavy atom. The smallest absolute Gasteiger partial charge is 0.145 e. The molecule has 0 aromatic heterocycles. The van der Waals surface area contributed by atoms with Crippen molar-refractivity contribution >= 4 is 15.9 Å². The molecule has 0 aliphatic heterocycles. The van der Waals surface area contributed by atoms with E-state index in [9.17, 15) is 8.78 Å². The molecule has 0 spiro atoms. The van der Waals surface area contributed by atoms with E-state index in [1.54, 1.807) is 0 Å². The molecule has 0 unspecified atom stereocenters. The second-order valence-electron chi connectivity index (χ2n) is 2.87. The van der Waals surface area contributed by atoms with Crippen molar-refractivity contribution in [2.45, 2.75) is 20.0 Å². The Balaban J connectivity index is 2.79. The van der Waals surface area contributed by atoms with Crippen LogP contribution >= 0.6 is 15.9 Å². The molecule has 0 saturated carbocycles. The highest BCUT2D eigenvalue weighted by atomic mass is 79.9. The van der Waals surface area contributed by atoms with Gasteiger partial charge in [0.1, 0.15) is 11.6 Å². The van der Waals surface area contributed by atoms with Crippen LogP contribution in [0, 0.1) is 11.6 Å². The highest BCUT2D eigenvalue weighted by Crippen LogP contribution is 2.22. The largest absolute Gasteiger partial charge is 0.377 e. The Morgan fingerprint density at radius 2 is 2.07 bits per heavy atom. The number of rotatable bonds is 4. The summed E-state index contributed by atoms with van der Waals surface area (Å²) >= 11 is 2.99. The van der Waals surface area contributed by atoms with E-state index in [1.807, 2.05) is 6.92 Å². The topological polar surface area (TPSA) is 9.23 Å². The summed E-state index contributed by atoms with van der Waals surface area (Å²) < 4.78 is 31.8. The normalized spacial score (nSPS) is 10.6. The Hall–Kier alpha value is -0.480. The first-order valence-electron chi connectivity index (χ1n) is 4.37. The van der Waals surface area contributed by atoms with Crippen LogP contribution < -0.4 is 0 Å². The summed E-state index contributed by atoms with van der Waals surface area (Å²) in [5.74, 6) is -1.15. The van der Waals surface area contributed by atoms with Crippen LogP contribution in [0.4, 0.5) is 8.78 Å². The van der Waals surface area contributed by atoms with Gasteiger partial charge in [0.05, 0.1) is 16.6 Å². The zero-order valence-electron chi connectivity index (χ0n) is 7.82. The van der Waals surface area contributed by atoms with Gasteiger partial charge in [-0.2, -0.15) is 0 Å². The quantitative estimate of drug-likeness (QED) is 0.596. The van der Waals surface area contributed by atoms with Crippen LogP contribution in [-0.2, 0) is 11.3 Å². The summed E-state index contributed by atoms with van der Waals surface area (Å²) in [6, 6.07) is 2.56. The van der Waals surface area contributed by atoms with E-state index in [-0.39, 0.29) is 16.6 Å². The molecule has 0 aliphatic rings. The van der Waals surface area contributed by atoms with E-state index >= 15 is 0 Å². The molecule has 0 radical (unpaired) electrons. The molecule has 0 bridgehead atoms. The van der Waals surface area contributed by atoms with Crippen molar-refractivity contribution in [2.24, 2.45) is 0 Å². The van der Waals surface area contributed by atoms with Crippen molar-refractivity contribution in [1.82, 2.24) is 0 Å². The fourth-order valence-electron chi connectivity index (χ4n) is 1.02. The molecule has 0 N–H and O–H groups in total. The van der Waals surface area contributed by atoms with Gasteiger partial charge in [-0.25, -0.2) is 8.78 Å². The Morgan fingerprint density at radius 3 is 2.71 bits per heavy atom. The van der Waals surface area contributed by atoms with Crippen LogP contribution in [0.2, 0.25) is 0 Å². The van der Waals surface area contributed by atoms with E-state index in [0.29, 0.717) is 6.61 Å².